The van der Waals surface area contributed by atoms with Crippen molar-refractivity contribution in [2.75, 3.05) is 49.6 Å². The van der Waals surface area contributed by atoms with E-state index in [4.69, 9.17) is 9.26 Å². The molecule has 3 aromatic rings. The maximum Gasteiger partial charge on any atom is 0.273 e. The summed E-state index contributed by atoms with van der Waals surface area (Å²) >= 11 is 1.53. The Labute approximate surface area is 165 Å². The van der Waals surface area contributed by atoms with E-state index in [1.165, 1.54) is 17.7 Å². The van der Waals surface area contributed by atoms with Crippen molar-refractivity contribution in [3.63, 3.8) is 0 Å². The number of morpholine rings is 1. The third kappa shape index (κ3) is 4.46. The average molecular weight is 400 g/mol. The van der Waals surface area contributed by atoms with E-state index >= 15 is 0 Å². The van der Waals surface area contributed by atoms with Crippen molar-refractivity contribution in [2.45, 2.75) is 0 Å². The van der Waals surface area contributed by atoms with Gasteiger partial charge in [0.2, 0.25) is 0 Å². The molecule has 0 saturated carbocycles. The number of anilines is 2. The van der Waals surface area contributed by atoms with E-state index < -0.39 is 0 Å². The van der Waals surface area contributed by atoms with E-state index in [0.717, 1.165) is 23.8 Å². The van der Waals surface area contributed by atoms with Gasteiger partial charge in [-0.25, -0.2) is 9.97 Å². The van der Waals surface area contributed by atoms with Gasteiger partial charge in [-0.1, -0.05) is 11.2 Å². The summed E-state index contributed by atoms with van der Waals surface area (Å²) in [5.74, 6) is 1.90. The molecule has 0 bridgehead atoms. The first kappa shape index (κ1) is 18.4. The molecule has 2 N–H and O–H groups in total. The van der Waals surface area contributed by atoms with Crippen LogP contribution < -0.4 is 15.5 Å². The van der Waals surface area contributed by atoms with Gasteiger partial charge < -0.3 is 24.8 Å². The van der Waals surface area contributed by atoms with E-state index in [9.17, 15) is 4.79 Å². The van der Waals surface area contributed by atoms with Crippen LogP contribution in [-0.2, 0) is 4.74 Å². The van der Waals surface area contributed by atoms with E-state index in [0.29, 0.717) is 37.9 Å². The number of aromatic nitrogens is 3. The number of nitrogens with zero attached hydrogens (tertiary/aromatic N) is 4. The number of carbonyl (C=O) groups is 1. The van der Waals surface area contributed by atoms with Crippen LogP contribution in [0, 0.1) is 0 Å². The average Bonchev–Trinajstić information content (AvgIpc) is 3.44. The van der Waals surface area contributed by atoms with Gasteiger partial charge in [0.05, 0.1) is 18.1 Å². The van der Waals surface area contributed by atoms with Gasteiger partial charge in [-0.05, 0) is 11.4 Å². The molecule has 0 aliphatic carbocycles. The fraction of sp³-hybridized carbons (Fsp3) is 0.333. The highest BCUT2D eigenvalue weighted by molar-refractivity contribution is 7.13. The Morgan fingerprint density at radius 2 is 2.11 bits per heavy atom. The van der Waals surface area contributed by atoms with Crippen LogP contribution in [0.3, 0.4) is 0 Å². The highest BCUT2D eigenvalue weighted by atomic mass is 32.1. The van der Waals surface area contributed by atoms with Crippen molar-refractivity contribution in [1.29, 1.82) is 0 Å². The first-order valence-electron chi connectivity index (χ1n) is 8.97. The van der Waals surface area contributed by atoms with Gasteiger partial charge in [0.25, 0.3) is 5.91 Å². The van der Waals surface area contributed by atoms with Gasteiger partial charge in [0.1, 0.15) is 18.0 Å². The fourth-order valence-corrected chi connectivity index (χ4v) is 3.46. The maximum atomic E-state index is 12.2. The van der Waals surface area contributed by atoms with Gasteiger partial charge in [0.15, 0.2) is 11.5 Å². The molecular formula is C18H20N6O3S. The first-order valence-corrected chi connectivity index (χ1v) is 9.85. The van der Waals surface area contributed by atoms with E-state index in [1.54, 1.807) is 6.07 Å². The zero-order valence-corrected chi connectivity index (χ0v) is 15.9. The molecule has 0 atom stereocenters. The Morgan fingerprint density at radius 3 is 2.93 bits per heavy atom. The smallest absolute Gasteiger partial charge is 0.273 e. The zero-order chi connectivity index (χ0) is 19.2. The standard InChI is InChI=1S/C18H20N6O3S/c25-18(13-10-14(27-23-13)15-2-1-9-28-15)20-4-3-19-16-11-17(22-12-21-16)24-5-7-26-8-6-24/h1-2,9-12H,3-8H2,(H,20,25)(H,19,21,22). The molecule has 0 radical (unpaired) electrons. The lowest BCUT2D eigenvalue weighted by Gasteiger charge is -2.27. The van der Waals surface area contributed by atoms with Crippen LogP contribution in [-0.4, -0.2) is 60.4 Å². The first-order chi connectivity index (χ1) is 13.8. The van der Waals surface area contributed by atoms with Gasteiger partial charge in [0, 0.05) is 38.3 Å². The molecule has 0 aromatic carbocycles. The van der Waals surface area contributed by atoms with E-state index in [1.807, 2.05) is 23.6 Å². The summed E-state index contributed by atoms with van der Waals surface area (Å²) in [6.45, 7) is 4.00. The van der Waals surface area contributed by atoms with Gasteiger partial charge in [-0.15, -0.1) is 11.3 Å². The Morgan fingerprint density at radius 1 is 1.21 bits per heavy atom. The maximum absolute atomic E-state index is 12.2. The van der Waals surface area contributed by atoms with Crippen LogP contribution in [0.15, 0.2) is 40.5 Å². The molecule has 28 heavy (non-hydrogen) atoms. The predicted octanol–water partition coefficient (Wildman–Crippen LogP) is 1.87. The monoisotopic (exact) mass is 400 g/mol. The summed E-state index contributed by atoms with van der Waals surface area (Å²) in [6.07, 6.45) is 1.53. The number of nitrogens with one attached hydrogen (secondary N) is 2. The Bertz CT molecular complexity index is 908. The van der Waals surface area contributed by atoms with Crippen molar-refractivity contribution in [3.05, 3.63) is 41.7 Å². The molecule has 10 heteroatoms. The van der Waals surface area contributed by atoms with Crippen molar-refractivity contribution < 1.29 is 14.1 Å². The second-order valence-corrected chi connectivity index (χ2v) is 7.04. The molecule has 1 aliphatic rings. The number of amides is 1. The lowest BCUT2D eigenvalue weighted by atomic mass is 10.3. The topological polar surface area (TPSA) is 105 Å². The lowest BCUT2D eigenvalue weighted by Crippen LogP contribution is -2.36. The molecule has 3 aromatic heterocycles. The Hall–Kier alpha value is -2.98. The van der Waals surface area contributed by atoms with E-state index in [-0.39, 0.29) is 11.6 Å². The second kappa shape index (κ2) is 8.81. The summed E-state index contributed by atoms with van der Waals surface area (Å²) in [7, 11) is 0. The van der Waals surface area contributed by atoms with Crippen LogP contribution in [0.5, 0.6) is 0 Å². The normalized spacial score (nSPS) is 14.1. The molecule has 1 aliphatic heterocycles. The molecule has 9 nitrogen and oxygen atoms in total. The highest BCUT2D eigenvalue weighted by Gasteiger charge is 2.14. The summed E-state index contributed by atoms with van der Waals surface area (Å²) in [4.78, 5) is 23.8. The summed E-state index contributed by atoms with van der Waals surface area (Å²) in [5, 5.41) is 11.8. The van der Waals surface area contributed by atoms with Crippen LogP contribution in [0.25, 0.3) is 10.6 Å². The molecule has 1 fully saturated rings. The Balaban J connectivity index is 1.25. The number of hydrogen-bond donors (Lipinski definition) is 2. The number of ether oxygens (including phenoxy) is 1. The minimum atomic E-state index is -0.273. The quantitative estimate of drug-likeness (QED) is 0.579. The lowest BCUT2D eigenvalue weighted by molar-refractivity contribution is 0.0946. The molecule has 4 rings (SSSR count). The SMILES string of the molecule is O=C(NCCNc1cc(N2CCOCC2)ncn1)c1cc(-c2cccs2)on1. The zero-order valence-electron chi connectivity index (χ0n) is 15.1. The van der Waals surface area contributed by atoms with Crippen molar-refractivity contribution in [1.82, 2.24) is 20.4 Å². The molecule has 146 valence electrons. The molecule has 0 spiro atoms. The molecule has 0 unspecified atom stereocenters. The molecule has 1 amide bonds. The number of carbonyl (C=O) groups excluding carboxylic acids is 1. The predicted molar refractivity (Wildman–Crippen MR) is 106 cm³/mol. The second-order valence-electron chi connectivity index (χ2n) is 6.10. The Kier molecular flexibility index (Phi) is 5.78. The van der Waals surface area contributed by atoms with Crippen LogP contribution in [0.1, 0.15) is 10.5 Å². The van der Waals surface area contributed by atoms with Crippen molar-refractivity contribution >= 4 is 28.9 Å². The van der Waals surface area contributed by atoms with Gasteiger partial charge in [-0.2, -0.15) is 0 Å². The van der Waals surface area contributed by atoms with Crippen molar-refractivity contribution in [3.8, 4) is 10.6 Å². The molecule has 4 heterocycles. The minimum Gasteiger partial charge on any atom is -0.378 e. The minimum absolute atomic E-state index is 0.264. The number of rotatable bonds is 7. The number of thiophene rings is 1. The van der Waals surface area contributed by atoms with Crippen molar-refractivity contribution in [2.24, 2.45) is 0 Å². The third-order valence-corrected chi connectivity index (χ3v) is 5.10. The summed E-state index contributed by atoms with van der Waals surface area (Å²) < 4.78 is 10.6. The number of hydrogen-bond acceptors (Lipinski definition) is 9. The van der Waals surface area contributed by atoms with Crippen LogP contribution >= 0.6 is 11.3 Å². The molecule has 1 saturated heterocycles. The van der Waals surface area contributed by atoms with E-state index in [2.05, 4.69) is 30.7 Å². The van der Waals surface area contributed by atoms with Crippen LogP contribution in [0.2, 0.25) is 0 Å². The third-order valence-electron chi connectivity index (χ3n) is 4.21. The molecular weight excluding hydrogens is 380 g/mol. The van der Waals surface area contributed by atoms with Gasteiger partial charge >= 0.3 is 0 Å². The largest absolute Gasteiger partial charge is 0.378 e. The fourth-order valence-electron chi connectivity index (χ4n) is 2.78. The van der Waals surface area contributed by atoms with Gasteiger partial charge in [-0.3, -0.25) is 4.79 Å². The summed E-state index contributed by atoms with van der Waals surface area (Å²) in [6, 6.07) is 7.39. The highest BCUT2D eigenvalue weighted by Crippen LogP contribution is 2.25. The summed E-state index contributed by atoms with van der Waals surface area (Å²) in [5.41, 5.74) is 0.264. The van der Waals surface area contributed by atoms with Crippen LogP contribution in [0.4, 0.5) is 11.6 Å².